The van der Waals surface area contributed by atoms with Gasteiger partial charge < -0.3 is 49.3 Å². The molecule has 6 aromatic rings. The maximum absolute atomic E-state index is 13.1. The van der Waals surface area contributed by atoms with Crippen molar-refractivity contribution < 1.29 is 28.5 Å². The average Bonchev–Trinajstić information content (AvgIpc) is 3.90. The molecular weight excluding hydrogens is 1030 g/mol. The van der Waals surface area contributed by atoms with Crippen molar-refractivity contribution in [2.75, 3.05) is 50.2 Å². The van der Waals surface area contributed by atoms with Gasteiger partial charge in [0, 0.05) is 84.8 Å². The molecule has 73 heavy (non-hydrogen) atoms. The highest BCUT2D eigenvalue weighted by Crippen LogP contribution is 2.29. The topological polar surface area (TPSA) is 133 Å². The van der Waals surface area contributed by atoms with Crippen molar-refractivity contribution in [3.05, 3.63) is 129 Å². The highest BCUT2D eigenvalue weighted by molar-refractivity contribution is 14.1. The van der Waals surface area contributed by atoms with Crippen LogP contribution in [-0.2, 0) is 44.9 Å². The van der Waals surface area contributed by atoms with Crippen LogP contribution in [0.5, 0.6) is 0 Å². The number of hydrogen-bond donors (Lipinski definition) is 4. The lowest BCUT2D eigenvalue weighted by Crippen LogP contribution is -2.45. The number of anilines is 2. The molecule has 0 atom stereocenters. The third-order valence-corrected chi connectivity index (χ3v) is 13.3. The third kappa shape index (κ3) is 17.2. The minimum absolute atomic E-state index is 0.109. The van der Waals surface area contributed by atoms with Crippen molar-refractivity contribution >= 4 is 68.0 Å². The molecule has 0 radical (unpaired) electrons. The number of rotatable bonds is 12. The molecule has 0 saturated carbocycles. The number of terminal acetylenes is 1. The van der Waals surface area contributed by atoms with Gasteiger partial charge in [0.25, 0.3) is 0 Å². The number of carbonyl (C=O) groups excluding carboxylic acids is 2. The summed E-state index contributed by atoms with van der Waals surface area (Å²) in [7, 11) is 0. The number of hydrogen-bond acceptors (Lipinski definition) is 8. The van der Waals surface area contributed by atoms with Gasteiger partial charge in [0.2, 0.25) is 0 Å². The van der Waals surface area contributed by atoms with Gasteiger partial charge in [0.1, 0.15) is 11.2 Å². The molecule has 4 aromatic carbocycles. The minimum Gasteiger partial charge on any atom is -0.444 e. The summed E-state index contributed by atoms with van der Waals surface area (Å²) < 4.78 is 23.6. The van der Waals surface area contributed by atoms with Gasteiger partial charge in [-0.15, -0.1) is 6.42 Å². The fourth-order valence-electron chi connectivity index (χ4n) is 8.85. The number of carbonyl (C=O) groups is 2. The van der Waals surface area contributed by atoms with E-state index in [1.165, 1.54) is 25.6 Å². The first-order chi connectivity index (χ1) is 35.0. The zero-order chi connectivity index (χ0) is 52.4. The van der Waals surface area contributed by atoms with E-state index in [9.17, 15) is 9.59 Å². The number of nitrogens with one attached hydrogen (secondary N) is 4. The van der Waals surface area contributed by atoms with Gasteiger partial charge in [-0.05, 0) is 167 Å². The fourth-order valence-corrected chi connectivity index (χ4v) is 9.81. The molecule has 0 unspecified atom stereocenters. The number of aryl methyl sites for hydroxylation is 2. The smallest absolute Gasteiger partial charge is 0.410 e. The van der Waals surface area contributed by atoms with E-state index < -0.39 is 11.2 Å². The van der Waals surface area contributed by atoms with Crippen LogP contribution < -0.4 is 10.6 Å². The molecule has 2 saturated heterocycles. The molecule has 12 nitrogen and oxygen atoms in total. The third-order valence-electron chi connectivity index (χ3n) is 12.4. The number of aromatic amines is 2. The van der Waals surface area contributed by atoms with E-state index in [0.29, 0.717) is 52.6 Å². The second-order valence-electron chi connectivity index (χ2n) is 20.2. The highest BCUT2D eigenvalue weighted by Gasteiger charge is 2.31. The molecular formula is C60H75IN6O6. The maximum atomic E-state index is 13.1. The molecule has 4 heterocycles. The summed E-state index contributed by atoms with van der Waals surface area (Å²) in [6.45, 7) is 20.7. The van der Waals surface area contributed by atoms with E-state index in [0.717, 1.165) is 77.8 Å². The van der Waals surface area contributed by atoms with E-state index in [2.05, 4.69) is 111 Å². The number of fused-ring (bicyclic) bond motifs is 2. The number of H-pyrrole nitrogens is 2. The normalized spacial score (nSPS) is 14.0. The van der Waals surface area contributed by atoms with Gasteiger partial charge in [-0.2, -0.15) is 0 Å². The summed E-state index contributed by atoms with van der Waals surface area (Å²) in [4.78, 5) is 36.7. The number of nitrogens with zero attached hydrogens (tertiary/aromatic N) is 2. The van der Waals surface area contributed by atoms with Crippen molar-refractivity contribution in [1.29, 1.82) is 0 Å². The van der Waals surface area contributed by atoms with Crippen molar-refractivity contribution in [3.63, 3.8) is 0 Å². The van der Waals surface area contributed by atoms with Gasteiger partial charge in [-0.25, -0.2) is 9.59 Å². The SMILES string of the molecule is C#CCNc1ccccc1.CCc1c(C#CCNc2ccccc2)[nH]c2cc(CN(C(=O)OC(C)(C)C)C3CCOCC3)ccc12.CCc1c(I)[nH]c2cc(CN(C(=O)OC(C)(C)C)C3CCOCC3)ccc12. The summed E-state index contributed by atoms with van der Waals surface area (Å²) in [6.07, 6.45) is 9.78. The van der Waals surface area contributed by atoms with Gasteiger partial charge >= 0.3 is 12.2 Å². The number of para-hydroxylation sites is 2. The Morgan fingerprint density at radius 3 is 1.53 bits per heavy atom. The lowest BCUT2D eigenvalue weighted by atomic mass is 10.0. The molecule has 0 bridgehead atoms. The van der Waals surface area contributed by atoms with Crippen LogP contribution in [0, 0.1) is 27.9 Å². The lowest BCUT2D eigenvalue weighted by molar-refractivity contribution is -0.00903. The first kappa shape index (κ1) is 56.2. The molecule has 4 N–H and O–H groups in total. The first-order valence-corrected chi connectivity index (χ1v) is 26.7. The van der Waals surface area contributed by atoms with Gasteiger partial charge in [-0.1, -0.05) is 86.4 Å². The monoisotopic (exact) mass is 1100 g/mol. The summed E-state index contributed by atoms with van der Waals surface area (Å²) in [5.74, 6) is 9.06. The molecule has 2 aliphatic heterocycles. The van der Waals surface area contributed by atoms with Gasteiger partial charge in [0.05, 0.1) is 22.5 Å². The molecule has 0 spiro atoms. The largest absolute Gasteiger partial charge is 0.444 e. The van der Waals surface area contributed by atoms with E-state index in [4.69, 9.17) is 25.4 Å². The Morgan fingerprint density at radius 1 is 0.658 bits per heavy atom. The quantitative estimate of drug-likeness (QED) is 0.0703. The standard InChI is InChI=1S/C30H37N3O3.C21H29IN2O3.C9H9N/c1-5-25-26-14-13-22(21-33(24-15-18-35-19-16-24)29(34)36-30(2,3)4)20-28(26)32-27(25)12-9-17-31-23-10-7-6-8-11-23;1-5-16-17-7-6-14(12-18(17)23-19(16)22)13-24(15-8-10-26-11-9-15)20(25)27-21(2,3)4;1-2-8-10-9-6-4-3-5-7-9/h6-8,10-11,13-14,20,24,31-32H,5,15-19,21H2,1-4H3;6-7,12,15,23H,5,8-11,13H2,1-4H3;1,3-7,10H,8H2. The Balaban J connectivity index is 0.000000205. The first-order valence-electron chi connectivity index (χ1n) is 25.6. The molecule has 2 amide bonds. The van der Waals surface area contributed by atoms with Crippen LogP contribution in [0.4, 0.5) is 21.0 Å². The highest BCUT2D eigenvalue weighted by atomic mass is 127. The van der Waals surface area contributed by atoms with Crippen molar-refractivity contribution in [2.24, 2.45) is 0 Å². The second-order valence-corrected chi connectivity index (χ2v) is 21.3. The zero-order valence-electron chi connectivity index (χ0n) is 44.1. The Kier molecular flexibility index (Phi) is 21.0. The number of halogens is 1. The Hall–Kier alpha value is -6.13. The van der Waals surface area contributed by atoms with E-state index in [-0.39, 0.29) is 24.3 Å². The van der Waals surface area contributed by atoms with Crippen molar-refractivity contribution in [3.8, 4) is 24.2 Å². The Labute approximate surface area is 447 Å². The van der Waals surface area contributed by atoms with Gasteiger partial charge in [-0.3, -0.25) is 0 Å². The summed E-state index contributed by atoms with van der Waals surface area (Å²) in [5, 5.41) is 8.83. The minimum atomic E-state index is -0.539. The molecule has 2 aromatic heterocycles. The average molecular weight is 1100 g/mol. The molecule has 2 fully saturated rings. The summed E-state index contributed by atoms with van der Waals surface area (Å²) in [5.41, 5.74) is 8.96. The number of amides is 2. The van der Waals surface area contributed by atoms with Crippen LogP contribution in [0.15, 0.2) is 97.1 Å². The van der Waals surface area contributed by atoms with Crippen LogP contribution >= 0.6 is 22.6 Å². The number of ether oxygens (including phenoxy) is 4. The molecule has 2 aliphatic rings. The van der Waals surface area contributed by atoms with Gasteiger partial charge in [0.15, 0.2) is 0 Å². The maximum Gasteiger partial charge on any atom is 0.410 e. The second kappa shape index (κ2) is 27.2. The van der Waals surface area contributed by atoms with Crippen LogP contribution in [0.2, 0.25) is 0 Å². The summed E-state index contributed by atoms with van der Waals surface area (Å²) in [6, 6.07) is 33.1. The van der Waals surface area contributed by atoms with Crippen LogP contribution in [0.1, 0.15) is 109 Å². The molecule has 8 rings (SSSR count). The molecule has 13 heteroatoms. The predicted octanol–water partition coefficient (Wildman–Crippen LogP) is 13.1. The van der Waals surface area contributed by atoms with E-state index in [1.807, 2.05) is 112 Å². The molecule has 388 valence electrons. The van der Waals surface area contributed by atoms with Crippen molar-refractivity contribution in [1.82, 2.24) is 19.8 Å². The summed E-state index contributed by atoms with van der Waals surface area (Å²) >= 11 is 2.36. The Morgan fingerprint density at radius 2 is 1.10 bits per heavy atom. The number of aromatic nitrogens is 2. The van der Waals surface area contributed by atoms with Crippen LogP contribution in [0.25, 0.3) is 21.8 Å². The number of benzene rings is 4. The van der Waals surface area contributed by atoms with Crippen LogP contribution in [-0.4, -0.2) is 94.8 Å². The van der Waals surface area contributed by atoms with Crippen molar-refractivity contribution in [2.45, 2.75) is 130 Å². The van der Waals surface area contributed by atoms with Crippen LogP contribution in [0.3, 0.4) is 0 Å². The lowest BCUT2D eigenvalue weighted by Gasteiger charge is -2.35. The fraction of sp³-hybridized carbons (Fsp3) is 0.433. The van der Waals surface area contributed by atoms with E-state index >= 15 is 0 Å². The Bertz CT molecular complexity index is 2800. The molecule has 0 aliphatic carbocycles. The predicted molar refractivity (Wildman–Crippen MR) is 305 cm³/mol. The zero-order valence-corrected chi connectivity index (χ0v) is 46.2. The van der Waals surface area contributed by atoms with E-state index in [1.54, 1.807) is 0 Å².